The number of hydrogen-bond acceptors (Lipinski definition) is 3. The van der Waals surface area contributed by atoms with Gasteiger partial charge in [0.05, 0.1) is 11.0 Å². The van der Waals surface area contributed by atoms with Crippen LogP contribution in [0.2, 0.25) is 0 Å². The van der Waals surface area contributed by atoms with Crippen LogP contribution in [-0.4, -0.2) is 33.3 Å². The minimum absolute atomic E-state index is 0.0326. The summed E-state index contributed by atoms with van der Waals surface area (Å²) >= 11 is 0. The lowest BCUT2D eigenvalue weighted by Crippen LogP contribution is -2.64. The van der Waals surface area contributed by atoms with Crippen LogP contribution in [0.3, 0.4) is 0 Å². The molecule has 9 heteroatoms. The summed E-state index contributed by atoms with van der Waals surface area (Å²) in [5.74, 6) is -0.560. The van der Waals surface area contributed by atoms with Crippen molar-refractivity contribution in [2.75, 3.05) is 5.32 Å². The maximum absolute atomic E-state index is 13.8. The smallest absolute Gasteiger partial charge is 0.416 e. The Morgan fingerprint density at radius 2 is 1.52 bits per heavy atom. The number of nitrogens with one attached hydrogen (secondary N) is 1. The summed E-state index contributed by atoms with van der Waals surface area (Å²) in [6.07, 6.45) is 0.338. The van der Waals surface area contributed by atoms with E-state index in [1.807, 2.05) is 35.2 Å². The number of carboxylic acids is 1. The van der Waals surface area contributed by atoms with E-state index in [2.05, 4.69) is 5.32 Å². The van der Waals surface area contributed by atoms with Gasteiger partial charge in [0.1, 0.15) is 0 Å². The zero-order valence-corrected chi connectivity index (χ0v) is 22.7. The first-order valence-corrected chi connectivity index (χ1v) is 14.2. The first kappa shape index (κ1) is 26.7. The monoisotopic (exact) mass is 574 g/mol. The molecule has 0 aromatic heterocycles. The number of fused-ring (bicyclic) bond motifs is 1. The van der Waals surface area contributed by atoms with Gasteiger partial charge in [-0.2, -0.15) is 13.2 Å². The number of nitrogens with zero attached hydrogens (tertiary/aromatic N) is 1. The van der Waals surface area contributed by atoms with Gasteiger partial charge in [-0.3, -0.25) is 14.4 Å². The fraction of sp³-hybridized carbons (Fsp3) is 0.364. The summed E-state index contributed by atoms with van der Waals surface area (Å²) in [7, 11) is 0. The van der Waals surface area contributed by atoms with Crippen LogP contribution in [0.4, 0.5) is 18.9 Å². The van der Waals surface area contributed by atoms with E-state index in [0.717, 1.165) is 73.1 Å². The third-order valence-corrected chi connectivity index (χ3v) is 9.92. The highest BCUT2D eigenvalue weighted by molar-refractivity contribution is 6.04. The van der Waals surface area contributed by atoms with E-state index in [-0.39, 0.29) is 11.5 Å². The highest BCUT2D eigenvalue weighted by atomic mass is 19.4. The first-order chi connectivity index (χ1) is 19.9. The van der Waals surface area contributed by atoms with Gasteiger partial charge >= 0.3 is 12.1 Å². The molecular formula is C33H29F3N2O4. The van der Waals surface area contributed by atoms with E-state index >= 15 is 0 Å². The Kier molecular flexibility index (Phi) is 5.84. The van der Waals surface area contributed by atoms with Crippen molar-refractivity contribution >= 4 is 23.5 Å². The Labute approximate surface area is 240 Å². The molecule has 2 atom stereocenters. The third-order valence-electron chi connectivity index (χ3n) is 9.92. The quantitative estimate of drug-likeness (QED) is 0.344. The molecule has 5 aliphatic rings. The van der Waals surface area contributed by atoms with Gasteiger partial charge in [-0.1, -0.05) is 24.3 Å². The van der Waals surface area contributed by atoms with E-state index in [9.17, 15) is 32.7 Å². The zero-order valence-electron chi connectivity index (χ0n) is 22.7. The van der Waals surface area contributed by atoms with E-state index in [1.54, 1.807) is 12.1 Å². The van der Waals surface area contributed by atoms with E-state index < -0.39 is 34.6 Å². The van der Waals surface area contributed by atoms with Gasteiger partial charge in [0.2, 0.25) is 0 Å². The number of halogens is 3. The summed E-state index contributed by atoms with van der Waals surface area (Å²) in [6.45, 7) is 0.499. The maximum atomic E-state index is 13.8. The molecular weight excluding hydrogens is 545 g/mol. The second-order valence-electron chi connectivity index (χ2n) is 12.6. The second-order valence-corrected chi connectivity index (χ2v) is 12.6. The molecule has 4 saturated carbocycles. The lowest BCUT2D eigenvalue weighted by atomic mass is 9.46. The SMILES string of the molecule is O=C(Nc1ccc(-c2ccc3c(c2)C(=O)N([C@]24CC5CC(C[C@](C(=O)O)(C5)C2)C4)C3)cc1)c1ccc(C(F)(F)F)cc1. The molecule has 42 heavy (non-hydrogen) atoms. The summed E-state index contributed by atoms with van der Waals surface area (Å²) in [5.41, 5.74) is 1.95. The number of rotatable bonds is 5. The molecule has 8 rings (SSSR count). The number of carbonyl (C=O) groups is 3. The minimum atomic E-state index is -4.47. The van der Waals surface area contributed by atoms with Crippen LogP contribution in [-0.2, 0) is 17.5 Å². The molecule has 2 amide bonds. The molecule has 0 radical (unpaired) electrons. The molecule has 0 saturated heterocycles. The number of hydrogen-bond donors (Lipinski definition) is 2. The van der Waals surface area contributed by atoms with E-state index in [4.69, 9.17) is 0 Å². The van der Waals surface area contributed by atoms with Gasteiger partial charge in [0.15, 0.2) is 0 Å². The van der Waals surface area contributed by atoms with Crippen molar-refractivity contribution in [1.29, 1.82) is 0 Å². The fourth-order valence-corrected chi connectivity index (χ4v) is 8.40. The van der Waals surface area contributed by atoms with Crippen LogP contribution < -0.4 is 5.32 Å². The Bertz CT molecular complexity index is 1600. The Hall–Kier alpha value is -4.14. The van der Waals surface area contributed by atoms with Crippen molar-refractivity contribution in [3.63, 3.8) is 0 Å². The van der Waals surface area contributed by atoms with Crippen LogP contribution in [0.15, 0.2) is 66.7 Å². The highest BCUT2D eigenvalue weighted by Gasteiger charge is 2.63. The number of aliphatic carboxylic acids is 1. The Morgan fingerprint density at radius 1 is 0.881 bits per heavy atom. The Morgan fingerprint density at radius 3 is 2.14 bits per heavy atom. The van der Waals surface area contributed by atoms with Crippen molar-refractivity contribution in [1.82, 2.24) is 4.90 Å². The van der Waals surface area contributed by atoms with Gasteiger partial charge < -0.3 is 15.3 Å². The van der Waals surface area contributed by atoms with Gasteiger partial charge in [-0.25, -0.2) is 0 Å². The normalized spacial score (nSPS) is 27.7. The lowest BCUT2D eigenvalue weighted by molar-refractivity contribution is -0.175. The fourth-order valence-electron chi connectivity index (χ4n) is 8.40. The van der Waals surface area contributed by atoms with Gasteiger partial charge in [0, 0.05) is 28.9 Å². The molecule has 3 aromatic carbocycles. The Balaban J connectivity index is 1.07. The summed E-state index contributed by atoms with van der Waals surface area (Å²) < 4.78 is 38.4. The molecule has 4 aliphatic carbocycles. The van der Waals surface area contributed by atoms with Gasteiger partial charge in [-0.15, -0.1) is 0 Å². The standard InChI is InChI=1S/C33H29F3N2O4/c34-33(35,36)25-7-3-22(4-8-25)28(39)37-26-9-5-21(6-10-26)23-1-2-24-17-38(29(40)27(24)12-23)32-15-19-11-20(16-32)14-31(13-19,18-32)30(41)42/h1-10,12,19-20H,11,13-18H2,(H,37,39)(H,41,42)/t19?,20?,31-,32+. The number of benzene rings is 3. The van der Waals surface area contributed by atoms with E-state index in [0.29, 0.717) is 36.1 Å². The summed E-state index contributed by atoms with van der Waals surface area (Å²) in [5, 5.41) is 12.8. The summed E-state index contributed by atoms with van der Waals surface area (Å²) in [6, 6.07) is 16.9. The molecule has 4 fully saturated rings. The molecule has 3 aromatic rings. The van der Waals surface area contributed by atoms with Gasteiger partial charge in [0.25, 0.3) is 11.8 Å². The second kappa shape index (κ2) is 9.18. The molecule has 2 N–H and O–H groups in total. The molecule has 1 heterocycles. The third kappa shape index (κ3) is 4.28. The molecule has 0 spiro atoms. The highest BCUT2D eigenvalue weighted by Crippen LogP contribution is 2.64. The van der Waals surface area contributed by atoms with Crippen molar-refractivity contribution in [3.8, 4) is 11.1 Å². The average molecular weight is 575 g/mol. The molecule has 2 unspecified atom stereocenters. The van der Waals surface area contributed by atoms with Gasteiger partial charge in [-0.05, 0) is 110 Å². The van der Waals surface area contributed by atoms with Crippen molar-refractivity contribution in [2.24, 2.45) is 17.3 Å². The van der Waals surface area contributed by atoms with Crippen LogP contribution in [0.1, 0.15) is 70.4 Å². The van der Waals surface area contributed by atoms with Crippen molar-refractivity contribution in [3.05, 3.63) is 89.0 Å². The topological polar surface area (TPSA) is 86.7 Å². The largest absolute Gasteiger partial charge is 0.481 e. The van der Waals surface area contributed by atoms with Crippen molar-refractivity contribution < 1.29 is 32.7 Å². The van der Waals surface area contributed by atoms with Crippen molar-refractivity contribution in [2.45, 2.75) is 56.8 Å². The first-order valence-electron chi connectivity index (χ1n) is 14.2. The molecule has 1 aliphatic heterocycles. The average Bonchev–Trinajstić information content (AvgIpc) is 3.29. The minimum Gasteiger partial charge on any atom is -0.481 e. The predicted molar refractivity (Wildman–Crippen MR) is 149 cm³/mol. The number of carboxylic acid groups (broad SMARTS) is 1. The molecule has 216 valence electrons. The van der Waals surface area contributed by atoms with E-state index in [1.165, 1.54) is 0 Å². The maximum Gasteiger partial charge on any atom is 0.416 e. The number of alkyl halides is 3. The molecule has 6 nitrogen and oxygen atoms in total. The van der Waals surface area contributed by atoms with Crippen LogP contribution in [0, 0.1) is 17.3 Å². The zero-order chi connectivity index (χ0) is 29.4. The number of carbonyl (C=O) groups excluding carboxylic acids is 2. The van der Waals surface area contributed by atoms with Crippen LogP contribution in [0.25, 0.3) is 11.1 Å². The number of anilines is 1. The van der Waals surface area contributed by atoms with Crippen LogP contribution in [0.5, 0.6) is 0 Å². The summed E-state index contributed by atoms with van der Waals surface area (Å²) in [4.78, 5) is 40.7. The predicted octanol–water partition coefficient (Wildman–Crippen LogP) is 7.00. The molecule has 4 bridgehead atoms. The number of amides is 2. The lowest BCUT2D eigenvalue weighted by Gasteiger charge is -2.62. The van der Waals surface area contributed by atoms with Crippen LogP contribution >= 0.6 is 0 Å².